The summed E-state index contributed by atoms with van der Waals surface area (Å²) in [5, 5.41) is 6.61. The Morgan fingerprint density at radius 3 is 2.79 bits per heavy atom. The van der Waals surface area contributed by atoms with E-state index in [-0.39, 0.29) is 6.04 Å². The highest BCUT2D eigenvalue weighted by Crippen LogP contribution is 2.33. The van der Waals surface area contributed by atoms with Crippen LogP contribution in [-0.4, -0.2) is 18.2 Å². The van der Waals surface area contributed by atoms with E-state index in [1.807, 2.05) is 25.1 Å². The molecule has 0 amide bonds. The largest absolute Gasteiger partial charge is 0.486 e. The van der Waals surface area contributed by atoms with E-state index in [0.717, 1.165) is 27.9 Å². The lowest BCUT2D eigenvalue weighted by molar-refractivity contribution is 0.171. The number of nitrogens with one attached hydrogen (secondary N) is 1. The lowest BCUT2D eigenvalue weighted by Gasteiger charge is -2.20. The van der Waals surface area contributed by atoms with E-state index in [9.17, 15) is 0 Å². The lowest BCUT2D eigenvalue weighted by atomic mass is 10.2. The molecule has 0 saturated carbocycles. The number of ether oxygens (including phenoxy) is 2. The number of aromatic nitrogens is 1. The van der Waals surface area contributed by atoms with Crippen LogP contribution >= 0.6 is 11.3 Å². The van der Waals surface area contributed by atoms with Crippen LogP contribution in [0.15, 0.2) is 23.6 Å². The zero-order chi connectivity index (χ0) is 13.2. The van der Waals surface area contributed by atoms with Gasteiger partial charge in [0.25, 0.3) is 0 Å². The summed E-state index contributed by atoms with van der Waals surface area (Å²) in [6, 6.07) is 6.09. The van der Waals surface area contributed by atoms with Gasteiger partial charge in [0.1, 0.15) is 13.2 Å². The van der Waals surface area contributed by atoms with Crippen LogP contribution < -0.4 is 14.8 Å². The number of aryl methyl sites for hydroxylation is 1. The van der Waals surface area contributed by atoms with Crippen LogP contribution in [0.5, 0.6) is 11.5 Å². The zero-order valence-corrected chi connectivity index (χ0v) is 11.8. The molecule has 0 radical (unpaired) electrons. The predicted molar refractivity (Wildman–Crippen MR) is 76.3 cm³/mol. The molecule has 1 atom stereocenters. The van der Waals surface area contributed by atoms with Crippen molar-refractivity contribution in [1.29, 1.82) is 0 Å². The molecule has 1 aromatic heterocycles. The molecule has 19 heavy (non-hydrogen) atoms. The van der Waals surface area contributed by atoms with Crippen molar-refractivity contribution in [3.05, 3.63) is 34.3 Å². The normalized spacial score (nSPS) is 15.1. The Kier molecular flexibility index (Phi) is 3.29. The smallest absolute Gasteiger partial charge is 0.163 e. The lowest BCUT2D eigenvalue weighted by Crippen LogP contribution is -2.15. The molecular formula is C14H16N2O2S. The number of rotatable bonds is 3. The third-order valence-corrected chi connectivity index (χ3v) is 3.80. The second kappa shape index (κ2) is 5.09. The Labute approximate surface area is 116 Å². The van der Waals surface area contributed by atoms with Gasteiger partial charge in [0.2, 0.25) is 0 Å². The fourth-order valence-corrected chi connectivity index (χ4v) is 2.74. The molecule has 0 saturated heterocycles. The molecule has 2 heterocycles. The molecule has 0 spiro atoms. The molecule has 3 rings (SSSR count). The maximum Gasteiger partial charge on any atom is 0.163 e. The molecule has 1 aliphatic rings. The minimum atomic E-state index is 0.174. The second-order valence-corrected chi connectivity index (χ2v) is 5.58. The van der Waals surface area contributed by atoms with Gasteiger partial charge in [-0.05, 0) is 26.0 Å². The van der Waals surface area contributed by atoms with E-state index in [4.69, 9.17) is 9.47 Å². The molecule has 0 bridgehead atoms. The van der Waals surface area contributed by atoms with E-state index in [2.05, 4.69) is 22.6 Å². The molecule has 2 aromatic rings. The van der Waals surface area contributed by atoms with Crippen molar-refractivity contribution >= 4 is 17.0 Å². The summed E-state index contributed by atoms with van der Waals surface area (Å²) in [6.45, 7) is 5.35. The Morgan fingerprint density at radius 2 is 2.05 bits per heavy atom. The molecule has 5 heteroatoms. The van der Waals surface area contributed by atoms with Crippen LogP contribution in [0, 0.1) is 6.92 Å². The SMILES string of the molecule is Cc1nc(C(C)Nc2ccc3c(c2)OCCO3)cs1. The van der Waals surface area contributed by atoms with E-state index in [1.165, 1.54) is 0 Å². The summed E-state index contributed by atoms with van der Waals surface area (Å²) < 4.78 is 11.1. The molecule has 1 aromatic carbocycles. The topological polar surface area (TPSA) is 43.4 Å². The maximum atomic E-state index is 5.58. The van der Waals surface area contributed by atoms with Gasteiger partial charge in [-0.25, -0.2) is 4.98 Å². The molecule has 1 aliphatic heterocycles. The first-order valence-electron chi connectivity index (χ1n) is 6.30. The van der Waals surface area contributed by atoms with Gasteiger partial charge in [0, 0.05) is 17.1 Å². The van der Waals surface area contributed by atoms with Gasteiger partial charge < -0.3 is 14.8 Å². The fraction of sp³-hybridized carbons (Fsp3) is 0.357. The third-order valence-electron chi connectivity index (χ3n) is 3.01. The highest BCUT2D eigenvalue weighted by molar-refractivity contribution is 7.09. The maximum absolute atomic E-state index is 5.58. The number of benzene rings is 1. The first kappa shape index (κ1) is 12.3. The fourth-order valence-electron chi connectivity index (χ4n) is 2.04. The summed E-state index contributed by atoms with van der Waals surface area (Å²) in [5.74, 6) is 1.62. The number of nitrogens with zero attached hydrogens (tertiary/aromatic N) is 1. The van der Waals surface area contributed by atoms with Gasteiger partial charge in [-0.15, -0.1) is 11.3 Å². The number of hydrogen-bond acceptors (Lipinski definition) is 5. The molecule has 0 fully saturated rings. The molecule has 100 valence electrons. The van der Waals surface area contributed by atoms with E-state index in [0.29, 0.717) is 13.2 Å². The van der Waals surface area contributed by atoms with Gasteiger partial charge in [-0.3, -0.25) is 0 Å². The summed E-state index contributed by atoms with van der Waals surface area (Å²) >= 11 is 1.67. The van der Waals surface area contributed by atoms with Crippen LogP contribution in [0.2, 0.25) is 0 Å². The van der Waals surface area contributed by atoms with E-state index >= 15 is 0 Å². The second-order valence-electron chi connectivity index (χ2n) is 4.52. The Bertz CT molecular complexity index is 583. The van der Waals surface area contributed by atoms with Gasteiger partial charge >= 0.3 is 0 Å². The summed E-state index contributed by atoms with van der Waals surface area (Å²) in [6.07, 6.45) is 0. The number of thiazole rings is 1. The Morgan fingerprint density at radius 1 is 1.26 bits per heavy atom. The molecule has 4 nitrogen and oxygen atoms in total. The average molecular weight is 276 g/mol. The molecule has 1 N–H and O–H groups in total. The summed E-state index contributed by atoms with van der Waals surface area (Å²) in [7, 11) is 0. The Balaban J connectivity index is 1.76. The van der Waals surface area contributed by atoms with Crippen molar-refractivity contribution in [2.24, 2.45) is 0 Å². The van der Waals surface area contributed by atoms with E-state index < -0.39 is 0 Å². The number of fused-ring (bicyclic) bond motifs is 1. The van der Waals surface area contributed by atoms with Crippen molar-refractivity contribution in [3.8, 4) is 11.5 Å². The van der Waals surface area contributed by atoms with Crippen molar-refractivity contribution in [3.63, 3.8) is 0 Å². The Hall–Kier alpha value is -1.75. The predicted octanol–water partition coefficient (Wildman–Crippen LogP) is 3.40. The molecular weight excluding hydrogens is 260 g/mol. The highest BCUT2D eigenvalue weighted by Gasteiger charge is 2.13. The van der Waals surface area contributed by atoms with Gasteiger partial charge in [0.15, 0.2) is 11.5 Å². The molecule has 0 aliphatic carbocycles. The average Bonchev–Trinajstić information content (AvgIpc) is 2.85. The summed E-state index contributed by atoms with van der Waals surface area (Å²) in [4.78, 5) is 4.49. The van der Waals surface area contributed by atoms with Crippen molar-refractivity contribution in [2.75, 3.05) is 18.5 Å². The zero-order valence-electron chi connectivity index (χ0n) is 11.0. The monoisotopic (exact) mass is 276 g/mol. The number of anilines is 1. The first-order chi connectivity index (χ1) is 9.22. The van der Waals surface area contributed by atoms with Gasteiger partial charge in [0.05, 0.1) is 16.7 Å². The highest BCUT2D eigenvalue weighted by atomic mass is 32.1. The minimum absolute atomic E-state index is 0.174. The van der Waals surface area contributed by atoms with Crippen LogP contribution in [-0.2, 0) is 0 Å². The van der Waals surface area contributed by atoms with Gasteiger partial charge in [-0.1, -0.05) is 0 Å². The van der Waals surface area contributed by atoms with Crippen LogP contribution in [0.1, 0.15) is 23.7 Å². The van der Waals surface area contributed by atoms with Gasteiger partial charge in [-0.2, -0.15) is 0 Å². The van der Waals surface area contributed by atoms with Crippen molar-refractivity contribution < 1.29 is 9.47 Å². The summed E-state index contributed by atoms with van der Waals surface area (Å²) in [5.41, 5.74) is 2.08. The first-order valence-corrected chi connectivity index (χ1v) is 7.18. The van der Waals surface area contributed by atoms with Crippen LogP contribution in [0.25, 0.3) is 0 Å². The third kappa shape index (κ3) is 2.66. The minimum Gasteiger partial charge on any atom is -0.486 e. The number of hydrogen-bond donors (Lipinski definition) is 1. The van der Waals surface area contributed by atoms with Crippen LogP contribution in [0.4, 0.5) is 5.69 Å². The molecule has 1 unspecified atom stereocenters. The van der Waals surface area contributed by atoms with Crippen molar-refractivity contribution in [2.45, 2.75) is 19.9 Å². The standard InChI is InChI=1S/C14H16N2O2S/c1-9(12-8-19-10(2)16-12)15-11-3-4-13-14(7-11)18-6-5-17-13/h3-4,7-9,15H,5-6H2,1-2H3. The van der Waals surface area contributed by atoms with Crippen molar-refractivity contribution in [1.82, 2.24) is 4.98 Å². The quantitative estimate of drug-likeness (QED) is 0.933. The van der Waals surface area contributed by atoms with Crippen LogP contribution in [0.3, 0.4) is 0 Å². The van der Waals surface area contributed by atoms with E-state index in [1.54, 1.807) is 11.3 Å².